The van der Waals surface area contributed by atoms with Gasteiger partial charge in [0.05, 0.1) is 5.92 Å². The summed E-state index contributed by atoms with van der Waals surface area (Å²) in [5.41, 5.74) is 3.82. The van der Waals surface area contributed by atoms with Crippen molar-refractivity contribution in [1.82, 2.24) is 14.8 Å². The predicted octanol–water partition coefficient (Wildman–Crippen LogP) is 4.45. The number of likely N-dealkylation sites (N-methyl/N-ethyl adjacent to an activating group) is 1. The Balaban J connectivity index is 1.42. The number of aryl methyl sites for hydroxylation is 1. The van der Waals surface area contributed by atoms with Crippen molar-refractivity contribution in [3.05, 3.63) is 65.5 Å². The van der Waals surface area contributed by atoms with Crippen molar-refractivity contribution in [2.75, 3.05) is 26.7 Å². The van der Waals surface area contributed by atoms with Gasteiger partial charge in [-0.2, -0.15) is 0 Å². The number of nitrogens with zero attached hydrogens (tertiary/aromatic N) is 3. The van der Waals surface area contributed by atoms with E-state index >= 15 is 0 Å². The molecule has 1 saturated heterocycles. The molecule has 30 heavy (non-hydrogen) atoms. The first-order chi connectivity index (χ1) is 14.7. The Kier molecular flexibility index (Phi) is 7.16. The van der Waals surface area contributed by atoms with Crippen molar-refractivity contribution < 1.29 is 4.79 Å². The maximum Gasteiger partial charge on any atom is 0.230 e. The van der Waals surface area contributed by atoms with Crippen molar-refractivity contribution in [3.63, 3.8) is 0 Å². The van der Waals surface area contributed by atoms with Crippen LogP contribution in [-0.4, -0.2) is 53.4 Å². The highest BCUT2D eigenvalue weighted by Crippen LogP contribution is 2.27. The highest BCUT2D eigenvalue weighted by molar-refractivity contribution is 5.83. The Labute approximate surface area is 181 Å². The van der Waals surface area contributed by atoms with E-state index in [2.05, 4.69) is 52.2 Å². The number of aromatic nitrogens is 1. The molecule has 1 aliphatic carbocycles. The summed E-state index contributed by atoms with van der Waals surface area (Å²) in [7, 11) is 2.22. The number of amides is 1. The summed E-state index contributed by atoms with van der Waals surface area (Å²) >= 11 is 0. The normalized spacial score (nSPS) is 20.5. The second-order valence-corrected chi connectivity index (χ2v) is 8.98. The Bertz CT molecular complexity index is 814. The number of benzene rings is 1. The van der Waals surface area contributed by atoms with Crippen LogP contribution < -0.4 is 0 Å². The fourth-order valence-corrected chi connectivity index (χ4v) is 5.05. The molecule has 1 aliphatic heterocycles. The molecule has 1 aromatic carbocycles. The van der Waals surface area contributed by atoms with Crippen LogP contribution in [0.2, 0.25) is 0 Å². The van der Waals surface area contributed by atoms with Crippen molar-refractivity contribution in [2.24, 2.45) is 0 Å². The van der Waals surface area contributed by atoms with Gasteiger partial charge in [0.25, 0.3) is 0 Å². The molecule has 2 atom stereocenters. The van der Waals surface area contributed by atoms with Crippen LogP contribution in [-0.2, 0) is 17.6 Å². The summed E-state index contributed by atoms with van der Waals surface area (Å²) in [5.74, 6) is 0.285. The van der Waals surface area contributed by atoms with Gasteiger partial charge < -0.3 is 9.80 Å². The zero-order valence-electron chi connectivity index (χ0n) is 18.3. The minimum atomic E-state index is -0.0410. The molecule has 1 aromatic heterocycles. The molecule has 4 rings (SSSR count). The van der Waals surface area contributed by atoms with E-state index in [1.54, 1.807) is 0 Å². The van der Waals surface area contributed by atoms with Crippen molar-refractivity contribution in [3.8, 4) is 0 Å². The van der Waals surface area contributed by atoms with Gasteiger partial charge >= 0.3 is 0 Å². The van der Waals surface area contributed by atoms with Crippen molar-refractivity contribution >= 4 is 5.91 Å². The third-order valence-electron chi connectivity index (χ3n) is 6.97. The number of fused-ring (bicyclic) bond motifs is 1. The first-order valence-corrected chi connectivity index (χ1v) is 11.7. The lowest BCUT2D eigenvalue weighted by Crippen LogP contribution is -2.40. The van der Waals surface area contributed by atoms with Crippen molar-refractivity contribution in [2.45, 2.75) is 63.3 Å². The number of hydrogen-bond donors (Lipinski definition) is 0. The fraction of sp³-hybridized carbons (Fsp3) is 0.538. The summed E-state index contributed by atoms with van der Waals surface area (Å²) in [4.78, 5) is 22.7. The molecule has 2 aliphatic rings. The Morgan fingerprint density at radius 2 is 1.87 bits per heavy atom. The molecule has 1 amide bonds. The zero-order valence-corrected chi connectivity index (χ0v) is 18.3. The monoisotopic (exact) mass is 405 g/mol. The maximum atomic E-state index is 13.5. The van der Waals surface area contributed by atoms with Gasteiger partial charge in [-0.3, -0.25) is 9.78 Å². The first kappa shape index (κ1) is 21.0. The summed E-state index contributed by atoms with van der Waals surface area (Å²) in [6.07, 6.45) is 10.9. The molecule has 2 heterocycles. The van der Waals surface area contributed by atoms with Crippen LogP contribution in [0.1, 0.15) is 61.3 Å². The van der Waals surface area contributed by atoms with Crippen LogP contribution in [0.25, 0.3) is 0 Å². The topological polar surface area (TPSA) is 36.4 Å². The lowest BCUT2D eigenvalue weighted by molar-refractivity contribution is -0.133. The zero-order chi connectivity index (χ0) is 20.8. The molecule has 0 N–H and O–H groups in total. The number of carbonyl (C=O) groups excluding carboxylic acids is 1. The minimum Gasteiger partial charge on any atom is -0.342 e. The summed E-state index contributed by atoms with van der Waals surface area (Å²) in [5, 5.41) is 0. The maximum absolute atomic E-state index is 13.5. The van der Waals surface area contributed by atoms with Gasteiger partial charge in [0.1, 0.15) is 0 Å². The smallest absolute Gasteiger partial charge is 0.230 e. The van der Waals surface area contributed by atoms with E-state index in [-0.39, 0.29) is 5.92 Å². The molecule has 4 nitrogen and oxygen atoms in total. The molecule has 0 saturated carbocycles. The molecule has 2 unspecified atom stereocenters. The highest BCUT2D eigenvalue weighted by atomic mass is 16.2. The van der Waals surface area contributed by atoms with Crippen molar-refractivity contribution in [1.29, 1.82) is 0 Å². The van der Waals surface area contributed by atoms with Crippen LogP contribution >= 0.6 is 0 Å². The average molecular weight is 406 g/mol. The van der Waals surface area contributed by atoms with Crippen LogP contribution in [0.15, 0.2) is 48.7 Å². The number of carbonyl (C=O) groups is 1. The Hall–Kier alpha value is -2.20. The van der Waals surface area contributed by atoms with E-state index < -0.39 is 0 Å². The van der Waals surface area contributed by atoms with E-state index in [9.17, 15) is 4.79 Å². The van der Waals surface area contributed by atoms with E-state index in [0.29, 0.717) is 11.9 Å². The lowest BCUT2D eigenvalue weighted by Gasteiger charge is -2.33. The SMILES string of the molecule is CN(CCC(C(=O)N1CCCCCC1)c1ccccc1)C1CCc2cccnc2C1. The lowest BCUT2D eigenvalue weighted by atomic mass is 9.90. The molecular formula is C26H35N3O. The third kappa shape index (κ3) is 5.10. The standard InChI is InChI=1S/C26H35N3O/c1-28(23-14-13-22-12-9-16-27-25(22)20-23)19-15-24(21-10-5-4-6-11-21)26(30)29-17-7-2-3-8-18-29/h4-6,9-12,16,23-24H,2-3,7-8,13-15,17-20H2,1H3. The first-order valence-electron chi connectivity index (χ1n) is 11.7. The number of hydrogen-bond acceptors (Lipinski definition) is 3. The average Bonchev–Trinajstić information content (AvgIpc) is 3.09. The van der Waals surface area contributed by atoms with Crippen LogP contribution in [0.4, 0.5) is 0 Å². The molecule has 0 radical (unpaired) electrons. The Morgan fingerprint density at radius 3 is 2.63 bits per heavy atom. The molecule has 1 fully saturated rings. The van der Waals surface area contributed by atoms with Gasteiger partial charge in [-0.15, -0.1) is 0 Å². The van der Waals surface area contributed by atoms with Crippen LogP contribution in [0.5, 0.6) is 0 Å². The largest absolute Gasteiger partial charge is 0.342 e. The van der Waals surface area contributed by atoms with Crippen LogP contribution in [0.3, 0.4) is 0 Å². The second kappa shape index (κ2) is 10.2. The summed E-state index contributed by atoms with van der Waals surface area (Å²) in [6.45, 7) is 2.78. The van der Waals surface area contributed by atoms with Crippen LogP contribution in [0, 0.1) is 0 Å². The molecule has 0 spiro atoms. The fourth-order valence-electron chi connectivity index (χ4n) is 5.05. The third-order valence-corrected chi connectivity index (χ3v) is 6.97. The van der Waals surface area contributed by atoms with Gasteiger partial charge in [0, 0.05) is 37.4 Å². The van der Waals surface area contributed by atoms with E-state index in [4.69, 9.17) is 0 Å². The molecular weight excluding hydrogens is 370 g/mol. The highest BCUT2D eigenvalue weighted by Gasteiger charge is 2.28. The van der Waals surface area contributed by atoms with E-state index in [1.165, 1.54) is 30.5 Å². The van der Waals surface area contributed by atoms with Gasteiger partial charge in [-0.25, -0.2) is 0 Å². The summed E-state index contributed by atoms with van der Waals surface area (Å²) in [6, 6.07) is 15.2. The van der Waals surface area contributed by atoms with Gasteiger partial charge in [-0.1, -0.05) is 49.2 Å². The minimum absolute atomic E-state index is 0.0410. The van der Waals surface area contributed by atoms with E-state index in [0.717, 1.165) is 57.3 Å². The second-order valence-electron chi connectivity index (χ2n) is 8.98. The molecule has 2 aromatic rings. The Morgan fingerprint density at radius 1 is 1.10 bits per heavy atom. The molecule has 4 heteroatoms. The van der Waals surface area contributed by atoms with Gasteiger partial charge in [-0.05, 0) is 62.9 Å². The number of pyridine rings is 1. The quantitative estimate of drug-likeness (QED) is 0.713. The molecule has 160 valence electrons. The predicted molar refractivity (Wildman–Crippen MR) is 122 cm³/mol. The van der Waals surface area contributed by atoms with Gasteiger partial charge in [0.15, 0.2) is 0 Å². The number of rotatable bonds is 6. The van der Waals surface area contributed by atoms with Gasteiger partial charge in [0.2, 0.25) is 5.91 Å². The number of likely N-dealkylation sites (tertiary alicyclic amines) is 1. The molecule has 0 bridgehead atoms. The van der Waals surface area contributed by atoms with E-state index in [1.807, 2.05) is 18.3 Å². The summed E-state index contributed by atoms with van der Waals surface area (Å²) < 4.78 is 0.